The van der Waals surface area contributed by atoms with E-state index >= 15 is 0 Å². The summed E-state index contributed by atoms with van der Waals surface area (Å²) >= 11 is 0. The van der Waals surface area contributed by atoms with E-state index < -0.39 is 0 Å². The molecule has 1 aromatic rings. The lowest BCUT2D eigenvalue weighted by atomic mass is 9.88. The van der Waals surface area contributed by atoms with Gasteiger partial charge in [-0.1, -0.05) is 12.1 Å². The summed E-state index contributed by atoms with van der Waals surface area (Å²) in [4.78, 5) is 14.6. The summed E-state index contributed by atoms with van der Waals surface area (Å²) in [5.74, 6) is 1.42. The number of carbonyl (C=O) groups is 1. The standard InChI is InChI=1S/C23H34N4O4/c24-22-25-17-23(26-22)10-12-27(13-11-23)20(28)9-6-18-4-7-19(8-5-18)29-15-16-31-21-3-1-2-14-30-21/h4-5,7-8,21H,1-3,6,9-17H2,(H3,24,25,26). The number of piperidine rings is 1. The molecule has 0 saturated carbocycles. The number of carbonyl (C=O) groups excluding carboxylic acids is 1. The molecule has 1 amide bonds. The van der Waals surface area contributed by atoms with Crippen molar-refractivity contribution in [3.8, 4) is 5.75 Å². The second-order valence-electron chi connectivity index (χ2n) is 8.67. The highest BCUT2D eigenvalue weighted by Crippen LogP contribution is 2.25. The highest BCUT2D eigenvalue weighted by atomic mass is 16.7. The van der Waals surface area contributed by atoms with Crippen LogP contribution in [0.25, 0.3) is 0 Å². The third-order valence-corrected chi connectivity index (χ3v) is 6.41. The van der Waals surface area contributed by atoms with E-state index in [4.69, 9.17) is 19.6 Å². The molecule has 3 aliphatic heterocycles. The summed E-state index contributed by atoms with van der Waals surface area (Å²) in [6.45, 7) is 4.09. The Kier molecular flexibility index (Phi) is 7.29. The lowest BCUT2D eigenvalue weighted by Crippen LogP contribution is -2.53. The van der Waals surface area contributed by atoms with Crippen LogP contribution in [0.15, 0.2) is 24.3 Å². The van der Waals surface area contributed by atoms with E-state index in [0.717, 1.165) is 76.1 Å². The average molecular weight is 431 g/mol. The molecule has 4 rings (SSSR count). The van der Waals surface area contributed by atoms with Crippen molar-refractivity contribution >= 4 is 11.9 Å². The SMILES string of the molecule is N=C1NCC2(CCN(C(=O)CCc3ccc(OCCOC4CCCCO4)cc3)CC2)N1. The maximum absolute atomic E-state index is 12.6. The van der Waals surface area contributed by atoms with E-state index in [-0.39, 0.29) is 17.7 Å². The van der Waals surface area contributed by atoms with Gasteiger partial charge in [-0.05, 0) is 56.2 Å². The minimum Gasteiger partial charge on any atom is -0.491 e. The number of hydrogen-bond donors (Lipinski definition) is 3. The molecule has 3 heterocycles. The van der Waals surface area contributed by atoms with Crippen molar-refractivity contribution in [2.24, 2.45) is 0 Å². The van der Waals surface area contributed by atoms with Crippen LogP contribution >= 0.6 is 0 Å². The first-order valence-electron chi connectivity index (χ1n) is 11.5. The van der Waals surface area contributed by atoms with Gasteiger partial charge in [0.15, 0.2) is 12.2 Å². The molecule has 0 aliphatic carbocycles. The summed E-state index contributed by atoms with van der Waals surface area (Å²) < 4.78 is 17.0. The van der Waals surface area contributed by atoms with E-state index in [1.807, 2.05) is 29.2 Å². The van der Waals surface area contributed by atoms with Crippen molar-refractivity contribution in [1.82, 2.24) is 15.5 Å². The van der Waals surface area contributed by atoms with E-state index in [2.05, 4.69) is 10.6 Å². The second-order valence-corrected chi connectivity index (χ2v) is 8.67. The van der Waals surface area contributed by atoms with Crippen molar-refractivity contribution in [1.29, 1.82) is 5.41 Å². The quantitative estimate of drug-likeness (QED) is 0.546. The molecule has 8 heteroatoms. The molecule has 170 valence electrons. The largest absolute Gasteiger partial charge is 0.491 e. The zero-order valence-electron chi connectivity index (χ0n) is 18.2. The molecule has 1 spiro atoms. The van der Waals surface area contributed by atoms with Crippen LogP contribution in [0.5, 0.6) is 5.75 Å². The monoisotopic (exact) mass is 430 g/mol. The molecule has 3 saturated heterocycles. The molecular weight excluding hydrogens is 396 g/mol. The molecule has 31 heavy (non-hydrogen) atoms. The lowest BCUT2D eigenvalue weighted by Gasteiger charge is -2.38. The van der Waals surface area contributed by atoms with Gasteiger partial charge in [-0.3, -0.25) is 10.2 Å². The number of nitrogens with zero attached hydrogens (tertiary/aromatic N) is 1. The van der Waals surface area contributed by atoms with Gasteiger partial charge >= 0.3 is 0 Å². The van der Waals surface area contributed by atoms with Crippen molar-refractivity contribution in [2.45, 2.75) is 56.8 Å². The number of hydrogen-bond acceptors (Lipinski definition) is 5. The van der Waals surface area contributed by atoms with Gasteiger partial charge in [0.2, 0.25) is 5.91 Å². The molecule has 8 nitrogen and oxygen atoms in total. The van der Waals surface area contributed by atoms with Gasteiger partial charge in [0.25, 0.3) is 0 Å². The summed E-state index contributed by atoms with van der Waals surface area (Å²) in [5.41, 5.74) is 1.09. The van der Waals surface area contributed by atoms with Gasteiger partial charge in [-0.2, -0.15) is 0 Å². The summed E-state index contributed by atoms with van der Waals surface area (Å²) in [6, 6.07) is 7.96. The third kappa shape index (κ3) is 6.11. The van der Waals surface area contributed by atoms with Crippen LogP contribution in [0.1, 0.15) is 44.1 Å². The molecule has 3 N–H and O–H groups in total. The van der Waals surface area contributed by atoms with Crippen molar-refractivity contribution in [2.75, 3.05) is 39.5 Å². The number of benzene rings is 1. The first kappa shape index (κ1) is 21.9. The minimum atomic E-state index is -0.0812. The smallest absolute Gasteiger partial charge is 0.222 e. The number of guanidine groups is 1. The van der Waals surface area contributed by atoms with Crippen LogP contribution in [-0.4, -0.2) is 68.1 Å². The minimum absolute atomic E-state index is 0.0435. The fourth-order valence-corrected chi connectivity index (χ4v) is 4.44. The van der Waals surface area contributed by atoms with Crippen LogP contribution in [0, 0.1) is 5.41 Å². The molecular formula is C23H34N4O4. The maximum Gasteiger partial charge on any atom is 0.222 e. The average Bonchev–Trinajstić information content (AvgIpc) is 3.17. The number of rotatable bonds is 8. The molecule has 0 aromatic heterocycles. The Balaban J connectivity index is 1.12. The predicted molar refractivity (Wildman–Crippen MR) is 117 cm³/mol. The Hall–Kier alpha value is -2.32. The van der Waals surface area contributed by atoms with Crippen LogP contribution in [0.4, 0.5) is 0 Å². The third-order valence-electron chi connectivity index (χ3n) is 6.41. The molecule has 3 fully saturated rings. The molecule has 3 aliphatic rings. The van der Waals surface area contributed by atoms with E-state index in [0.29, 0.717) is 25.6 Å². The van der Waals surface area contributed by atoms with Gasteiger partial charge in [-0.15, -0.1) is 0 Å². The fraction of sp³-hybridized carbons (Fsp3) is 0.652. The van der Waals surface area contributed by atoms with E-state index in [1.165, 1.54) is 0 Å². The highest BCUT2D eigenvalue weighted by Gasteiger charge is 2.39. The summed E-state index contributed by atoms with van der Waals surface area (Å²) in [6.07, 6.45) is 6.18. The van der Waals surface area contributed by atoms with Crippen LogP contribution in [-0.2, 0) is 20.7 Å². The lowest BCUT2D eigenvalue weighted by molar-refractivity contribution is -0.165. The zero-order chi connectivity index (χ0) is 21.5. The number of likely N-dealkylation sites (tertiary alicyclic amines) is 1. The van der Waals surface area contributed by atoms with Crippen LogP contribution < -0.4 is 15.4 Å². The molecule has 0 radical (unpaired) electrons. The second kappa shape index (κ2) is 10.3. The van der Waals surface area contributed by atoms with Crippen LogP contribution in [0.2, 0.25) is 0 Å². The normalized spacial score (nSPS) is 22.8. The van der Waals surface area contributed by atoms with Crippen LogP contribution in [0.3, 0.4) is 0 Å². The zero-order valence-corrected chi connectivity index (χ0v) is 18.2. The predicted octanol–water partition coefficient (Wildman–Crippen LogP) is 2.03. The van der Waals surface area contributed by atoms with Crippen molar-refractivity contribution in [3.63, 3.8) is 0 Å². The first-order valence-corrected chi connectivity index (χ1v) is 11.5. The first-order chi connectivity index (χ1) is 15.1. The Morgan fingerprint density at radius 2 is 2.00 bits per heavy atom. The number of nitrogens with one attached hydrogen (secondary N) is 3. The molecule has 1 unspecified atom stereocenters. The van der Waals surface area contributed by atoms with Gasteiger partial charge in [-0.25, -0.2) is 0 Å². The van der Waals surface area contributed by atoms with Gasteiger partial charge in [0.1, 0.15) is 12.4 Å². The van der Waals surface area contributed by atoms with Gasteiger partial charge in [0, 0.05) is 32.7 Å². The van der Waals surface area contributed by atoms with Crippen molar-refractivity contribution < 1.29 is 19.0 Å². The van der Waals surface area contributed by atoms with E-state index in [1.54, 1.807) is 0 Å². The Morgan fingerprint density at radius 3 is 2.68 bits per heavy atom. The topological polar surface area (TPSA) is 95.9 Å². The number of ether oxygens (including phenoxy) is 3. The molecule has 1 aromatic carbocycles. The molecule has 1 atom stereocenters. The Labute approximate surface area is 184 Å². The fourth-order valence-electron chi connectivity index (χ4n) is 4.44. The highest BCUT2D eigenvalue weighted by molar-refractivity contribution is 5.80. The van der Waals surface area contributed by atoms with Crippen molar-refractivity contribution in [3.05, 3.63) is 29.8 Å². The van der Waals surface area contributed by atoms with E-state index in [9.17, 15) is 4.79 Å². The molecule has 0 bridgehead atoms. The number of amides is 1. The van der Waals surface area contributed by atoms with Gasteiger partial charge in [0.05, 0.1) is 12.1 Å². The Morgan fingerprint density at radius 1 is 1.19 bits per heavy atom. The summed E-state index contributed by atoms with van der Waals surface area (Å²) in [7, 11) is 0. The summed E-state index contributed by atoms with van der Waals surface area (Å²) in [5, 5.41) is 14.0. The van der Waals surface area contributed by atoms with Gasteiger partial charge < -0.3 is 29.7 Å². The maximum atomic E-state index is 12.6. The number of aryl methyl sites for hydroxylation is 1. The Bertz CT molecular complexity index is 740.